The predicted molar refractivity (Wildman–Crippen MR) is 76.9 cm³/mol. The lowest BCUT2D eigenvalue weighted by atomic mass is 10.2. The lowest BCUT2D eigenvalue weighted by Gasteiger charge is -2.06. The zero-order valence-corrected chi connectivity index (χ0v) is 11.1. The summed E-state index contributed by atoms with van der Waals surface area (Å²) in [5, 5.41) is 0.580. The van der Waals surface area contributed by atoms with E-state index in [9.17, 15) is 9.18 Å². The molecule has 0 atom stereocenters. The molecule has 0 radical (unpaired) electrons. The van der Waals surface area contributed by atoms with Crippen molar-refractivity contribution in [3.05, 3.63) is 65.9 Å². The third-order valence-electron chi connectivity index (χ3n) is 3.31. The number of halogens is 1. The Hall–Kier alpha value is -2.73. The summed E-state index contributed by atoms with van der Waals surface area (Å²) < 4.78 is 15.5. The van der Waals surface area contributed by atoms with Gasteiger partial charge in [-0.25, -0.2) is 10.2 Å². The van der Waals surface area contributed by atoms with Crippen molar-refractivity contribution in [1.82, 2.24) is 15.0 Å². The molecule has 0 aliphatic carbocycles. The summed E-state index contributed by atoms with van der Waals surface area (Å²) in [6, 6.07) is 10.1. The van der Waals surface area contributed by atoms with E-state index in [-0.39, 0.29) is 11.7 Å². The van der Waals surface area contributed by atoms with Crippen LogP contribution in [0.25, 0.3) is 10.9 Å². The predicted octanol–water partition coefficient (Wildman–Crippen LogP) is 1.83. The SMILES string of the molecule is NNC(=O)c1ccc(Cn2ccc3c(F)cccc32)nc1. The Morgan fingerprint density at radius 2 is 2.14 bits per heavy atom. The van der Waals surface area contributed by atoms with Gasteiger partial charge in [-0.2, -0.15) is 0 Å². The molecule has 0 aliphatic heterocycles. The number of nitrogens with zero attached hydrogens (tertiary/aromatic N) is 2. The summed E-state index contributed by atoms with van der Waals surface area (Å²) in [5.41, 5.74) is 4.02. The van der Waals surface area contributed by atoms with E-state index < -0.39 is 0 Å². The standard InChI is InChI=1S/C15H13FN4O/c16-13-2-1-3-14-12(13)6-7-20(14)9-11-5-4-10(8-18-11)15(21)19-17/h1-8H,9,17H2,(H,19,21). The molecule has 3 aromatic rings. The number of carbonyl (C=O) groups is 1. The molecule has 1 aromatic carbocycles. The van der Waals surface area contributed by atoms with Crippen molar-refractivity contribution in [2.24, 2.45) is 5.84 Å². The Kier molecular flexibility index (Phi) is 3.37. The summed E-state index contributed by atoms with van der Waals surface area (Å²) in [5.74, 6) is 4.43. The number of carbonyl (C=O) groups excluding carboxylic acids is 1. The monoisotopic (exact) mass is 284 g/mol. The quantitative estimate of drug-likeness (QED) is 0.438. The van der Waals surface area contributed by atoms with Gasteiger partial charge in [0.15, 0.2) is 0 Å². The van der Waals surface area contributed by atoms with Gasteiger partial charge in [-0.3, -0.25) is 15.2 Å². The van der Waals surface area contributed by atoms with Crippen molar-refractivity contribution in [2.45, 2.75) is 6.54 Å². The number of benzene rings is 1. The van der Waals surface area contributed by atoms with Gasteiger partial charge in [-0.1, -0.05) is 6.07 Å². The third kappa shape index (κ3) is 2.48. The Balaban J connectivity index is 1.88. The largest absolute Gasteiger partial charge is 0.341 e. The highest BCUT2D eigenvalue weighted by Crippen LogP contribution is 2.19. The zero-order valence-electron chi connectivity index (χ0n) is 11.1. The molecule has 2 heterocycles. The lowest BCUT2D eigenvalue weighted by molar-refractivity contribution is 0.0953. The van der Waals surface area contributed by atoms with Crippen molar-refractivity contribution >= 4 is 16.8 Å². The number of hydrogen-bond acceptors (Lipinski definition) is 3. The van der Waals surface area contributed by atoms with Gasteiger partial charge < -0.3 is 4.57 Å². The van der Waals surface area contributed by atoms with Gasteiger partial charge in [0.2, 0.25) is 0 Å². The van der Waals surface area contributed by atoms with E-state index in [2.05, 4.69) is 10.4 Å². The molecule has 3 rings (SSSR count). The number of amides is 1. The molecule has 5 nitrogen and oxygen atoms in total. The number of nitrogens with one attached hydrogen (secondary N) is 1. The van der Waals surface area contributed by atoms with Crippen LogP contribution in [0.5, 0.6) is 0 Å². The molecule has 21 heavy (non-hydrogen) atoms. The first kappa shape index (κ1) is 13.3. The first-order valence-electron chi connectivity index (χ1n) is 6.38. The summed E-state index contributed by atoms with van der Waals surface area (Å²) in [7, 11) is 0. The summed E-state index contributed by atoms with van der Waals surface area (Å²) in [4.78, 5) is 15.6. The van der Waals surface area contributed by atoms with Crippen LogP contribution in [-0.4, -0.2) is 15.5 Å². The number of pyridine rings is 1. The average Bonchev–Trinajstić information content (AvgIpc) is 2.92. The van der Waals surface area contributed by atoms with Gasteiger partial charge in [0.25, 0.3) is 5.91 Å². The molecule has 0 fully saturated rings. The number of fused-ring (bicyclic) bond motifs is 1. The molecule has 0 unspecified atom stereocenters. The minimum atomic E-state index is -0.387. The van der Waals surface area contributed by atoms with Crippen molar-refractivity contribution in [1.29, 1.82) is 0 Å². The van der Waals surface area contributed by atoms with E-state index >= 15 is 0 Å². The minimum absolute atomic E-state index is 0.242. The number of aromatic nitrogens is 2. The maximum atomic E-state index is 13.6. The highest BCUT2D eigenvalue weighted by Gasteiger charge is 2.07. The second kappa shape index (κ2) is 5.34. The highest BCUT2D eigenvalue weighted by atomic mass is 19.1. The molecule has 0 spiro atoms. The Bertz CT molecular complexity index is 795. The van der Waals surface area contributed by atoms with Gasteiger partial charge >= 0.3 is 0 Å². The lowest BCUT2D eigenvalue weighted by Crippen LogP contribution is -2.30. The fraction of sp³-hybridized carbons (Fsp3) is 0.0667. The number of hydrazine groups is 1. The van der Waals surface area contributed by atoms with E-state index in [0.717, 1.165) is 11.2 Å². The fourth-order valence-electron chi connectivity index (χ4n) is 2.23. The van der Waals surface area contributed by atoms with Crippen LogP contribution in [0.2, 0.25) is 0 Å². The molecule has 6 heteroatoms. The zero-order chi connectivity index (χ0) is 14.8. The molecular formula is C15H13FN4O. The maximum Gasteiger partial charge on any atom is 0.266 e. The van der Waals surface area contributed by atoms with Gasteiger partial charge in [-0.05, 0) is 30.3 Å². The number of nitrogens with two attached hydrogens (primary N) is 1. The first-order valence-corrected chi connectivity index (χ1v) is 6.38. The van der Waals surface area contributed by atoms with Crippen LogP contribution < -0.4 is 11.3 Å². The van der Waals surface area contributed by atoms with Gasteiger partial charge in [-0.15, -0.1) is 0 Å². The van der Waals surface area contributed by atoms with Crippen LogP contribution in [0, 0.1) is 5.82 Å². The van der Waals surface area contributed by atoms with E-state index in [4.69, 9.17) is 5.84 Å². The smallest absolute Gasteiger partial charge is 0.266 e. The number of nitrogen functional groups attached to an aromatic ring is 1. The topological polar surface area (TPSA) is 72.9 Å². The van der Waals surface area contributed by atoms with Crippen LogP contribution in [0.4, 0.5) is 4.39 Å². The van der Waals surface area contributed by atoms with Gasteiger partial charge in [0.05, 0.1) is 23.3 Å². The summed E-state index contributed by atoms with van der Waals surface area (Å²) >= 11 is 0. The molecule has 1 amide bonds. The molecule has 0 bridgehead atoms. The van der Waals surface area contributed by atoms with Gasteiger partial charge in [0.1, 0.15) is 5.82 Å². The van der Waals surface area contributed by atoms with Crippen LogP contribution in [0.3, 0.4) is 0 Å². The summed E-state index contributed by atoms with van der Waals surface area (Å²) in [6.45, 7) is 0.497. The van der Waals surface area contributed by atoms with E-state index in [1.807, 2.05) is 16.8 Å². The molecule has 0 aliphatic rings. The average molecular weight is 284 g/mol. The number of hydrogen-bond donors (Lipinski definition) is 2. The first-order chi connectivity index (χ1) is 10.2. The van der Waals surface area contributed by atoms with Crippen LogP contribution in [0.15, 0.2) is 48.8 Å². The van der Waals surface area contributed by atoms with E-state index in [1.54, 1.807) is 24.3 Å². The Morgan fingerprint density at radius 3 is 2.86 bits per heavy atom. The van der Waals surface area contributed by atoms with Crippen LogP contribution in [0.1, 0.15) is 16.1 Å². The van der Waals surface area contributed by atoms with Crippen LogP contribution in [-0.2, 0) is 6.54 Å². The van der Waals surface area contributed by atoms with E-state index in [1.165, 1.54) is 12.3 Å². The normalized spacial score (nSPS) is 10.8. The van der Waals surface area contributed by atoms with Gasteiger partial charge in [0, 0.05) is 17.8 Å². The minimum Gasteiger partial charge on any atom is -0.341 e. The third-order valence-corrected chi connectivity index (χ3v) is 3.31. The van der Waals surface area contributed by atoms with E-state index in [0.29, 0.717) is 17.5 Å². The molecule has 106 valence electrons. The molecule has 0 saturated carbocycles. The van der Waals surface area contributed by atoms with Crippen LogP contribution >= 0.6 is 0 Å². The highest BCUT2D eigenvalue weighted by molar-refractivity contribution is 5.93. The molecule has 0 saturated heterocycles. The van der Waals surface area contributed by atoms with Crippen molar-refractivity contribution in [3.8, 4) is 0 Å². The molecule has 3 N–H and O–H groups in total. The Morgan fingerprint density at radius 1 is 1.29 bits per heavy atom. The number of rotatable bonds is 3. The maximum absolute atomic E-state index is 13.6. The Labute approximate surface area is 120 Å². The van der Waals surface area contributed by atoms with Crippen molar-refractivity contribution < 1.29 is 9.18 Å². The fourth-order valence-corrected chi connectivity index (χ4v) is 2.23. The van der Waals surface area contributed by atoms with Crippen molar-refractivity contribution in [2.75, 3.05) is 0 Å². The van der Waals surface area contributed by atoms with Crippen molar-refractivity contribution in [3.63, 3.8) is 0 Å². The molecular weight excluding hydrogens is 271 g/mol. The molecule has 2 aromatic heterocycles. The second-order valence-electron chi connectivity index (χ2n) is 4.63. The second-order valence-corrected chi connectivity index (χ2v) is 4.63. The summed E-state index contributed by atoms with van der Waals surface area (Å²) in [6.07, 6.45) is 3.28.